The molecule has 2 rings (SSSR count). The van der Waals surface area contributed by atoms with E-state index >= 15 is 0 Å². The molecule has 2 fully saturated rings. The van der Waals surface area contributed by atoms with Gasteiger partial charge in [-0.25, -0.2) is 0 Å². The fraction of sp³-hybridized carbons (Fsp3) is 1.00. The first kappa shape index (κ1) is 10.8. The summed E-state index contributed by atoms with van der Waals surface area (Å²) in [5.74, 6) is 0. The number of rotatable bonds is 2. The minimum Gasteiger partial charge on any atom is -0.381 e. The van der Waals surface area contributed by atoms with Crippen LogP contribution in [0.2, 0.25) is 0 Å². The highest BCUT2D eigenvalue weighted by molar-refractivity contribution is 8.00. The lowest BCUT2D eigenvalue weighted by molar-refractivity contribution is 0.0998. The third-order valence-electron chi connectivity index (χ3n) is 3.29. The van der Waals surface area contributed by atoms with Gasteiger partial charge in [0.2, 0.25) is 0 Å². The van der Waals surface area contributed by atoms with Crippen LogP contribution >= 0.6 is 11.8 Å². The van der Waals surface area contributed by atoms with Crippen molar-refractivity contribution in [1.82, 2.24) is 0 Å². The SMILES string of the molecule is NC1CCCCC1SC1CCOCC1. The predicted octanol–water partition coefficient (Wildman–Crippen LogP) is 2.17. The van der Waals surface area contributed by atoms with Crippen molar-refractivity contribution in [3.63, 3.8) is 0 Å². The fourth-order valence-corrected chi connectivity index (χ4v) is 3.95. The highest BCUT2D eigenvalue weighted by Gasteiger charge is 2.26. The Balaban J connectivity index is 1.76. The number of hydrogen-bond acceptors (Lipinski definition) is 3. The summed E-state index contributed by atoms with van der Waals surface area (Å²) in [6, 6.07) is 0.455. The van der Waals surface area contributed by atoms with Crippen molar-refractivity contribution >= 4 is 11.8 Å². The first-order valence-corrected chi connectivity index (χ1v) is 6.79. The van der Waals surface area contributed by atoms with E-state index in [9.17, 15) is 0 Å². The molecule has 82 valence electrons. The van der Waals surface area contributed by atoms with Crippen molar-refractivity contribution in [2.24, 2.45) is 5.73 Å². The summed E-state index contributed by atoms with van der Waals surface area (Å²) in [5.41, 5.74) is 6.14. The zero-order chi connectivity index (χ0) is 9.80. The molecule has 2 N–H and O–H groups in total. The Morgan fingerprint density at radius 2 is 1.71 bits per heavy atom. The first-order chi connectivity index (χ1) is 6.86. The minimum atomic E-state index is 0.455. The normalized spacial score (nSPS) is 35.8. The summed E-state index contributed by atoms with van der Waals surface area (Å²) >= 11 is 2.14. The molecule has 1 saturated heterocycles. The van der Waals surface area contributed by atoms with Gasteiger partial charge in [0.25, 0.3) is 0 Å². The first-order valence-electron chi connectivity index (χ1n) is 5.85. The Morgan fingerprint density at radius 1 is 1.00 bits per heavy atom. The molecule has 1 aliphatic carbocycles. The van der Waals surface area contributed by atoms with Gasteiger partial charge >= 0.3 is 0 Å². The van der Waals surface area contributed by atoms with Crippen molar-refractivity contribution in [1.29, 1.82) is 0 Å². The molecule has 1 heterocycles. The number of hydrogen-bond donors (Lipinski definition) is 1. The molecule has 2 nitrogen and oxygen atoms in total. The predicted molar refractivity (Wildman–Crippen MR) is 61.7 cm³/mol. The zero-order valence-electron chi connectivity index (χ0n) is 8.78. The van der Waals surface area contributed by atoms with Crippen LogP contribution in [0.25, 0.3) is 0 Å². The summed E-state index contributed by atoms with van der Waals surface area (Å²) < 4.78 is 5.37. The number of thioether (sulfide) groups is 1. The smallest absolute Gasteiger partial charge is 0.0476 e. The Bertz CT molecular complexity index is 171. The van der Waals surface area contributed by atoms with Gasteiger partial charge in [-0.1, -0.05) is 12.8 Å². The second-order valence-electron chi connectivity index (χ2n) is 4.43. The van der Waals surface area contributed by atoms with Gasteiger partial charge in [0.1, 0.15) is 0 Å². The van der Waals surface area contributed by atoms with E-state index in [2.05, 4.69) is 11.8 Å². The Labute approximate surface area is 91.0 Å². The summed E-state index contributed by atoms with van der Waals surface area (Å²) in [5, 5.41) is 1.55. The second-order valence-corrected chi connectivity index (χ2v) is 5.98. The summed E-state index contributed by atoms with van der Waals surface area (Å²) in [4.78, 5) is 0. The highest BCUT2D eigenvalue weighted by atomic mass is 32.2. The van der Waals surface area contributed by atoms with E-state index < -0.39 is 0 Å². The molecular formula is C11H21NOS. The monoisotopic (exact) mass is 215 g/mol. The van der Waals surface area contributed by atoms with Gasteiger partial charge in [0, 0.05) is 29.8 Å². The lowest BCUT2D eigenvalue weighted by Gasteiger charge is -2.32. The Hall–Kier alpha value is 0.270. The minimum absolute atomic E-state index is 0.455. The van der Waals surface area contributed by atoms with Gasteiger partial charge in [-0.15, -0.1) is 0 Å². The van der Waals surface area contributed by atoms with E-state index in [0.29, 0.717) is 6.04 Å². The van der Waals surface area contributed by atoms with Crippen molar-refractivity contribution in [2.45, 2.75) is 55.1 Å². The molecular weight excluding hydrogens is 194 g/mol. The van der Waals surface area contributed by atoms with Gasteiger partial charge in [-0.3, -0.25) is 0 Å². The lowest BCUT2D eigenvalue weighted by atomic mass is 9.96. The molecule has 0 aromatic carbocycles. The molecule has 14 heavy (non-hydrogen) atoms. The van der Waals surface area contributed by atoms with Crippen LogP contribution in [0.5, 0.6) is 0 Å². The summed E-state index contributed by atoms with van der Waals surface area (Å²) in [6.45, 7) is 1.92. The van der Waals surface area contributed by atoms with Crippen molar-refractivity contribution < 1.29 is 4.74 Å². The van der Waals surface area contributed by atoms with Gasteiger partial charge in [0.05, 0.1) is 0 Å². The molecule has 0 aromatic rings. The van der Waals surface area contributed by atoms with Crippen LogP contribution in [-0.2, 0) is 4.74 Å². The van der Waals surface area contributed by atoms with Gasteiger partial charge in [0.15, 0.2) is 0 Å². The van der Waals surface area contributed by atoms with Crippen LogP contribution in [-0.4, -0.2) is 29.8 Å². The van der Waals surface area contributed by atoms with Gasteiger partial charge in [-0.05, 0) is 25.7 Å². The molecule has 1 aliphatic heterocycles. The molecule has 0 spiro atoms. The average Bonchev–Trinajstić information content (AvgIpc) is 2.23. The van der Waals surface area contributed by atoms with E-state index in [-0.39, 0.29) is 0 Å². The molecule has 0 bridgehead atoms. The largest absolute Gasteiger partial charge is 0.381 e. The van der Waals surface area contributed by atoms with Crippen molar-refractivity contribution in [2.75, 3.05) is 13.2 Å². The maximum atomic E-state index is 6.14. The van der Waals surface area contributed by atoms with E-state index in [0.717, 1.165) is 23.7 Å². The third-order valence-corrected chi connectivity index (χ3v) is 5.08. The van der Waals surface area contributed by atoms with Crippen LogP contribution in [0.3, 0.4) is 0 Å². The summed E-state index contributed by atoms with van der Waals surface area (Å²) in [7, 11) is 0. The Morgan fingerprint density at radius 3 is 2.43 bits per heavy atom. The Kier molecular flexibility index (Phi) is 4.14. The highest BCUT2D eigenvalue weighted by Crippen LogP contribution is 2.33. The van der Waals surface area contributed by atoms with Crippen molar-refractivity contribution in [3.8, 4) is 0 Å². The molecule has 0 radical (unpaired) electrons. The van der Waals surface area contributed by atoms with Crippen molar-refractivity contribution in [3.05, 3.63) is 0 Å². The van der Waals surface area contributed by atoms with E-state index in [1.807, 2.05) is 0 Å². The molecule has 2 aliphatic rings. The second kappa shape index (κ2) is 5.38. The quantitative estimate of drug-likeness (QED) is 0.767. The molecule has 0 aromatic heterocycles. The molecule has 2 atom stereocenters. The third kappa shape index (κ3) is 2.88. The van der Waals surface area contributed by atoms with Crippen LogP contribution < -0.4 is 5.73 Å². The molecule has 1 saturated carbocycles. The van der Waals surface area contributed by atoms with Crippen LogP contribution in [0.1, 0.15) is 38.5 Å². The standard InChI is InChI=1S/C11H21NOS/c12-10-3-1-2-4-11(10)14-9-5-7-13-8-6-9/h9-11H,1-8,12H2. The average molecular weight is 215 g/mol. The maximum Gasteiger partial charge on any atom is 0.0476 e. The van der Waals surface area contributed by atoms with E-state index in [1.165, 1.54) is 38.5 Å². The van der Waals surface area contributed by atoms with E-state index in [4.69, 9.17) is 10.5 Å². The molecule has 3 heteroatoms. The fourth-order valence-electron chi connectivity index (χ4n) is 2.35. The molecule has 0 amide bonds. The van der Waals surface area contributed by atoms with Crippen LogP contribution in [0.15, 0.2) is 0 Å². The maximum absolute atomic E-state index is 6.14. The van der Waals surface area contributed by atoms with Crippen LogP contribution in [0.4, 0.5) is 0 Å². The van der Waals surface area contributed by atoms with Gasteiger partial charge < -0.3 is 10.5 Å². The van der Waals surface area contributed by atoms with Gasteiger partial charge in [-0.2, -0.15) is 11.8 Å². The molecule has 2 unspecified atom stereocenters. The summed E-state index contributed by atoms with van der Waals surface area (Å²) in [6.07, 6.45) is 7.76. The van der Waals surface area contributed by atoms with E-state index in [1.54, 1.807) is 0 Å². The topological polar surface area (TPSA) is 35.2 Å². The number of ether oxygens (including phenoxy) is 1. The zero-order valence-corrected chi connectivity index (χ0v) is 9.60. The number of nitrogens with two attached hydrogens (primary N) is 1. The lowest BCUT2D eigenvalue weighted by Crippen LogP contribution is -2.37. The van der Waals surface area contributed by atoms with Crippen LogP contribution in [0, 0.1) is 0 Å².